The highest BCUT2D eigenvalue weighted by atomic mass is 16.6. The Balaban J connectivity index is 2.09. The van der Waals surface area contributed by atoms with Gasteiger partial charge in [0.25, 0.3) is 0 Å². The van der Waals surface area contributed by atoms with Crippen molar-refractivity contribution in [3.05, 3.63) is 85.0 Å². The second-order valence-corrected chi connectivity index (χ2v) is 8.02. The van der Waals surface area contributed by atoms with Gasteiger partial charge < -0.3 is 29.2 Å². The van der Waals surface area contributed by atoms with E-state index in [9.17, 15) is 9.59 Å². The number of hydrogen-bond donors (Lipinski definition) is 2. The monoisotopic (exact) mass is 510 g/mol. The molecule has 0 fully saturated rings. The number of carbonyl (C=O) groups excluding carboxylic acids is 2. The molecule has 2 rings (SSSR count). The summed E-state index contributed by atoms with van der Waals surface area (Å²) in [5, 5.41) is 17.9. The molecular weight excluding hydrogens is 476 g/mol. The smallest absolute Gasteiger partial charge is 0.335 e. The third kappa shape index (κ3) is 9.95. The Labute approximate surface area is 217 Å². The van der Waals surface area contributed by atoms with E-state index in [-0.39, 0.29) is 37.6 Å². The van der Waals surface area contributed by atoms with Gasteiger partial charge in [0, 0.05) is 0 Å². The van der Waals surface area contributed by atoms with Gasteiger partial charge in [0.1, 0.15) is 37.9 Å². The Bertz CT molecular complexity index is 1090. The van der Waals surface area contributed by atoms with Crippen molar-refractivity contribution in [1.29, 1.82) is 0 Å². The standard InChI is InChI=1S/C29H34O8/c1-4-5-6-8-23-11-12-26(35-14-16-37-29(33)22(3)20-31)18-27(23)24-9-7-10-25(17-24)34-13-15-36-28(32)21(2)19-30/h4,7,9-12,17-18,30-31H,1-3,5-6,8,13-16,19-20H2. The van der Waals surface area contributed by atoms with Crippen LogP contribution in [0.1, 0.15) is 18.4 Å². The molecule has 37 heavy (non-hydrogen) atoms. The second kappa shape index (κ2) is 16.0. The largest absolute Gasteiger partial charge is 0.490 e. The molecule has 2 N–H and O–H groups in total. The van der Waals surface area contributed by atoms with Crippen LogP contribution < -0.4 is 9.47 Å². The van der Waals surface area contributed by atoms with Crippen molar-refractivity contribution in [2.75, 3.05) is 39.6 Å². The quantitative estimate of drug-likeness (QED) is 0.143. The lowest BCUT2D eigenvalue weighted by Crippen LogP contribution is -2.15. The molecule has 0 heterocycles. The SMILES string of the molecule is C=CCCCc1ccc(OCCOC(=O)C(=C)CO)cc1-c1cccc(OCCOC(=O)C(=C)CO)c1. The molecule has 0 saturated carbocycles. The average molecular weight is 511 g/mol. The van der Waals surface area contributed by atoms with Crippen LogP contribution in [0.3, 0.4) is 0 Å². The zero-order valence-corrected chi connectivity index (χ0v) is 20.9. The van der Waals surface area contributed by atoms with Gasteiger partial charge in [-0.2, -0.15) is 0 Å². The molecule has 0 bridgehead atoms. The van der Waals surface area contributed by atoms with E-state index in [0.717, 1.165) is 36.0 Å². The molecule has 0 amide bonds. The number of hydrogen-bond acceptors (Lipinski definition) is 8. The summed E-state index contributed by atoms with van der Waals surface area (Å²) in [7, 11) is 0. The number of aryl methyl sites for hydroxylation is 1. The average Bonchev–Trinajstić information content (AvgIpc) is 2.93. The number of esters is 2. The van der Waals surface area contributed by atoms with Crippen LogP contribution in [-0.2, 0) is 25.5 Å². The number of carbonyl (C=O) groups is 2. The summed E-state index contributed by atoms with van der Waals surface area (Å²) in [6.07, 6.45) is 4.58. The molecule has 0 unspecified atom stereocenters. The van der Waals surface area contributed by atoms with Crippen LogP contribution in [0.4, 0.5) is 0 Å². The van der Waals surface area contributed by atoms with Crippen molar-refractivity contribution in [1.82, 2.24) is 0 Å². The predicted molar refractivity (Wildman–Crippen MR) is 140 cm³/mol. The minimum absolute atomic E-state index is 0.0120. The first-order valence-electron chi connectivity index (χ1n) is 11.9. The molecule has 0 aromatic heterocycles. The summed E-state index contributed by atoms with van der Waals surface area (Å²) in [4.78, 5) is 23.2. The first kappa shape index (κ1) is 29.4. The fourth-order valence-corrected chi connectivity index (χ4v) is 3.24. The maximum Gasteiger partial charge on any atom is 0.335 e. The highest BCUT2D eigenvalue weighted by Crippen LogP contribution is 2.31. The molecule has 0 aliphatic heterocycles. The molecule has 8 heteroatoms. The second-order valence-electron chi connectivity index (χ2n) is 8.02. The van der Waals surface area contributed by atoms with Gasteiger partial charge in [-0.05, 0) is 60.2 Å². The number of aliphatic hydroxyl groups excluding tert-OH is 2. The van der Waals surface area contributed by atoms with E-state index in [1.54, 1.807) is 0 Å². The van der Waals surface area contributed by atoms with Crippen LogP contribution in [0.2, 0.25) is 0 Å². The van der Waals surface area contributed by atoms with Crippen LogP contribution in [0.25, 0.3) is 11.1 Å². The molecule has 0 saturated heterocycles. The van der Waals surface area contributed by atoms with E-state index >= 15 is 0 Å². The summed E-state index contributed by atoms with van der Waals surface area (Å²) in [5.74, 6) is -0.0982. The lowest BCUT2D eigenvalue weighted by atomic mass is 9.95. The number of ether oxygens (including phenoxy) is 4. The van der Waals surface area contributed by atoms with Crippen molar-refractivity contribution in [2.45, 2.75) is 19.3 Å². The maximum atomic E-state index is 11.6. The van der Waals surface area contributed by atoms with Crippen molar-refractivity contribution in [3.8, 4) is 22.6 Å². The Hall–Kier alpha value is -3.88. The third-order valence-corrected chi connectivity index (χ3v) is 5.21. The molecule has 2 aromatic rings. The number of benzene rings is 2. The maximum absolute atomic E-state index is 11.6. The fourth-order valence-electron chi connectivity index (χ4n) is 3.24. The molecule has 0 radical (unpaired) electrons. The van der Waals surface area contributed by atoms with Crippen molar-refractivity contribution in [2.24, 2.45) is 0 Å². The van der Waals surface area contributed by atoms with E-state index in [4.69, 9.17) is 29.2 Å². The van der Waals surface area contributed by atoms with Gasteiger partial charge in [-0.25, -0.2) is 9.59 Å². The molecule has 0 atom stereocenters. The lowest BCUT2D eigenvalue weighted by molar-refractivity contribution is -0.141. The predicted octanol–water partition coefficient (Wildman–Crippen LogP) is 3.80. The Kier molecular flexibility index (Phi) is 12.7. The minimum Gasteiger partial charge on any atom is -0.490 e. The molecule has 198 valence electrons. The summed E-state index contributed by atoms with van der Waals surface area (Å²) in [6, 6.07) is 13.4. The summed E-state index contributed by atoms with van der Waals surface area (Å²) < 4.78 is 21.6. The van der Waals surface area contributed by atoms with Crippen molar-refractivity contribution >= 4 is 11.9 Å². The van der Waals surface area contributed by atoms with Gasteiger partial charge in [0.05, 0.1) is 24.4 Å². The third-order valence-electron chi connectivity index (χ3n) is 5.21. The van der Waals surface area contributed by atoms with Crippen molar-refractivity contribution < 1.29 is 38.7 Å². The number of unbranched alkanes of at least 4 members (excludes halogenated alkanes) is 1. The zero-order chi connectivity index (χ0) is 27.0. The van der Waals surface area contributed by atoms with Gasteiger partial charge in [0.2, 0.25) is 0 Å². The van der Waals surface area contributed by atoms with Crippen LogP contribution in [0.5, 0.6) is 11.5 Å². The van der Waals surface area contributed by atoms with E-state index in [1.165, 1.54) is 0 Å². The summed E-state index contributed by atoms with van der Waals surface area (Å²) in [5.41, 5.74) is 3.01. The van der Waals surface area contributed by atoms with E-state index in [2.05, 4.69) is 19.7 Å². The normalized spacial score (nSPS) is 10.3. The fraction of sp³-hybridized carbons (Fsp3) is 0.310. The first-order chi connectivity index (χ1) is 17.9. The minimum atomic E-state index is -0.658. The zero-order valence-electron chi connectivity index (χ0n) is 20.9. The van der Waals surface area contributed by atoms with Gasteiger partial charge in [-0.1, -0.05) is 37.4 Å². The van der Waals surface area contributed by atoms with Crippen LogP contribution >= 0.6 is 0 Å². The molecular formula is C29H34O8. The molecule has 0 aliphatic carbocycles. The van der Waals surface area contributed by atoms with E-state index in [0.29, 0.717) is 11.5 Å². The van der Waals surface area contributed by atoms with Crippen LogP contribution in [0, 0.1) is 0 Å². The highest BCUT2D eigenvalue weighted by Gasteiger charge is 2.11. The van der Waals surface area contributed by atoms with E-state index in [1.807, 2.05) is 48.5 Å². The Morgan fingerprint density at radius 3 is 1.97 bits per heavy atom. The summed E-state index contributed by atoms with van der Waals surface area (Å²) >= 11 is 0. The number of allylic oxidation sites excluding steroid dienone is 1. The topological polar surface area (TPSA) is 112 Å². The van der Waals surface area contributed by atoms with Gasteiger partial charge >= 0.3 is 11.9 Å². The molecule has 0 spiro atoms. The highest BCUT2D eigenvalue weighted by molar-refractivity contribution is 5.88. The van der Waals surface area contributed by atoms with E-state index < -0.39 is 25.2 Å². The Morgan fingerprint density at radius 2 is 1.41 bits per heavy atom. The number of aliphatic hydroxyl groups is 2. The van der Waals surface area contributed by atoms with Gasteiger partial charge in [0.15, 0.2) is 0 Å². The van der Waals surface area contributed by atoms with Gasteiger partial charge in [-0.15, -0.1) is 6.58 Å². The van der Waals surface area contributed by atoms with Crippen molar-refractivity contribution in [3.63, 3.8) is 0 Å². The van der Waals surface area contributed by atoms with Crippen LogP contribution in [-0.4, -0.2) is 61.8 Å². The number of rotatable bonds is 17. The first-order valence-corrected chi connectivity index (χ1v) is 11.9. The molecule has 0 aliphatic rings. The van der Waals surface area contributed by atoms with Gasteiger partial charge in [-0.3, -0.25) is 0 Å². The van der Waals surface area contributed by atoms with Crippen LogP contribution in [0.15, 0.2) is 79.4 Å². The molecule has 2 aromatic carbocycles. The lowest BCUT2D eigenvalue weighted by Gasteiger charge is -2.15. The summed E-state index contributed by atoms with van der Waals surface area (Å²) in [6.45, 7) is 10.1. The molecule has 8 nitrogen and oxygen atoms in total. The Morgan fingerprint density at radius 1 is 0.811 bits per heavy atom.